The van der Waals surface area contributed by atoms with E-state index >= 15 is 0 Å². The molecule has 0 amide bonds. The zero-order valence-corrected chi connectivity index (χ0v) is 6.80. The molecule has 0 spiro atoms. The molecule has 6 heavy (non-hydrogen) atoms. The van der Waals surface area contributed by atoms with Crippen LogP contribution in [0.4, 0.5) is 0 Å². The molecule has 0 aromatic carbocycles. The van der Waals surface area contributed by atoms with Gasteiger partial charge in [-0.05, 0) is 0 Å². The minimum atomic E-state index is -3.61. The molecule has 0 heterocycles. The molecule has 0 rings (SSSR count). The average Bonchev–Trinajstić information content (AvgIpc) is 0.722. The Balaban J connectivity index is 0. The Kier molecular flexibility index (Phi) is 5.50. The molecule has 5 heteroatoms. The first-order valence-corrected chi connectivity index (χ1v) is 3.51. The summed E-state index contributed by atoms with van der Waals surface area (Å²) in [5.74, 6) is 0. The Labute approximate surface area is 55.7 Å². The van der Waals surface area contributed by atoms with E-state index in [1.807, 2.05) is 0 Å². The Bertz CT molecular complexity index is 26.3. The Hall–Kier alpha value is 1.19. The van der Waals surface area contributed by atoms with Crippen molar-refractivity contribution in [3.63, 3.8) is 0 Å². The first kappa shape index (κ1) is 10.2. The van der Waals surface area contributed by atoms with Gasteiger partial charge in [0, 0.05) is 26.2 Å². The maximum absolute atomic E-state index is 7.77. The second-order valence-electron chi connectivity index (χ2n) is 0.971. The van der Waals surface area contributed by atoms with Crippen molar-refractivity contribution >= 4 is 7.94 Å². The summed E-state index contributed by atoms with van der Waals surface area (Å²) in [6.45, 7) is 0.993. The van der Waals surface area contributed by atoms with Gasteiger partial charge in [-0.2, -0.15) is 0 Å². The normalized spacial score (nSPS) is 12.7. The largest absolute Gasteiger partial charge is 0 e. The van der Waals surface area contributed by atoms with E-state index in [0.29, 0.717) is 0 Å². The van der Waals surface area contributed by atoms with E-state index in [4.69, 9.17) is 14.7 Å². The molecule has 0 saturated heterocycles. The van der Waals surface area contributed by atoms with Gasteiger partial charge in [-0.3, -0.25) is 0 Å². The molecule has 0 aliphatic heterocycles. The van der Waals surface area contributed by atoms with Crippen LogP contribution in [0.3, 0.4) is 0 Å². The summed E-state index contributed by atoms with van der Waals surface area (Å²) < 4.78 is 0. The zero-order valence-electron chi connectivity index (χ0n) is 3.34. The molecule has 0 radical (unpaired) electrons. The van der Waals surface area contributed by atoms with E-state index < -0.39 is 7.94 Å². The van der Waals surface area contributed by atoms with Crippen LogP contribution in [0.1, 0.15) is 0 Å². The van der Waals surface area contributed by atoms with Gasteiger partial charge in [-0.25, -0.2) is 0 Å². The maximum Gasteiger partial charge on any atom is 0 e. The van der Waals surface area contributed by atoms with Crippen LogP contribution in [0, 0.1) is 0 Å². The van der Waals surface area contributed by atoms with Gasteiger partial charge in [0.15, 0.2) is 0 Å². The Morgan fingerprint density at radius 1 is 1.17 bits per heavy atom. The van der Waals surface area contributed by atoms with E-state index in [2.05, 4.69) is 0 Å². The van der Waals surface area contributed by atoms with Gasteiger partial charge in [0.05, 0.1) is 0 Å². The smallest absolute Gasteiger partial charge is 0 e. The van der Waals surface area contributed by atoms with Crippen LogP contribution in [0.5, 0.6) is 0 Å². The van der Waals surface area contributed by atoms with Gasteiger partial charge in [0.2, 0.25) is 0 Å². The van der Waals surface area contributed by atoms with E-state index in [-0.39, 0.29) is 26.2 Å². The third-order valence-corrected chi connectivity index (χ3v) is 0. The summed E-state index contributed by atoms with van der Waals surface area (Å²) in [6.07, 6.45) is 0. The van der Waals surface area contributed by atoms with Crippen molar-refractivity contribution in [1.29, 1.82) is 0 Å². The van der Waals surface area contributed by atoms with Gasteiger partial charge < -0.3 is 0 Å². The summed E-state index contributed by atoms with van der Waals surface area (Å²) in [5.41, 5.74) is 0. The molecule has 0 aromatic heterocycles. The fraction of sp³-hybridized carbons (Fsp3) is 1.00. The standard InChI is InChI=1S/CH7O3P.Zr/c1-5(2,3)4;/h2-5H,1H3;. The van der Waals surface area contributed by atoms with Crippen LogP contribution in [-0.2, 0) is 26.2 Å². The van der Waals surface area contributed by atoms with Crippen molar-refractivity contribution < 1.29 is 40.9 Å². The number of hydrogen-bond acceptors (Lipinski definition) is 3. The van der Waals surface area contributed by atoms with Crippen LogP contribution in [0.25, 0.3) is 0 Å². The maximum atomic E-state index is 7.77. The third-order valence-electron chi connectivity index (χ3n) is 0. The van der Waals surface area contributed by atoms with Gasteiger partial charge in [-0.15, -0.1) is 0 Å². The molecule has 38 valence electrons. The van der Waals surface area contributed by atoms with E-state index in [0.717, 1.165) is 6.66 Å². The Morgan fingerprint density at radius 2 is 1.17 bits per heavy atom. The minimum absolute atomic E-state index is 0. The monoisotopic (exact) mass is 188 g/mol. The molecule has 0 atom stereocenters. The van der Waals surface area contributed by atoms with Crippen molar-refractivity contribution in [2.45, 2.75) is 0 Å². The van der Waals surface area contributed by atoms with E-state index in [1.165, 1.54) is 0 Å². The summed E-state index contributed by atoms with van der Waals surface area (Å²) in [6, 6.07) is 0. The topological polar surface area (TPSA) is 60.7 Å². The van der Waals surface area contributed by atoms with Crippen LogP contribution in [0.2, 0.25) is 0 Å². The molecule has 3 nitrogen and oxygen atoms in total. The summed E-state index contributed by atoms with van der Waals surface area (Å²) in [5, 5.41) is 0. The SMILES string of the molecule is C[PH](O)(O)O.[Zr]. The molecule has 0 saturated carbocycles. The third kappa shape index (κ3) is 64.1. The van der Waals surface area contributed by atoms with Crippen molar-refractivity contribution in [1.82, 2.24) is 0 Å². The van der Waals surface area contributed by atoms with Gasteiger partial charge in [0.25, 0.3) is 0 Å². The molecule has 0 aliphatic rings. The van der Waals surface area contributed by atoms with Crippen LogP contribution in [0.15, 0.2) is 0 Å². The van der Waals surface area contributed by atoms with E-state index in [9.17, 15) is 0 Å². The molecule has 0 fully saturated rings. The van der Waals surface area contributed by atoms with Crippen LogP contribution in [-0.4, -0.2) is 21.3 Å². The van der Waals surface area contributed by atoms with Crippen LogP contribution >= 0.6 is 7.94 Å². The minimum Gasteiger partial charge on any atom is 0 e. The predicted molar refractivity (Wildman–Crippen MR) is 20.9 cm³/mol. The molecular weight excluding hydrogens is 182 g/mol. The molecule has 0 bridgehead atoms. The number of hydrogen-bond donors (Lipinski definition) is 3. The zero-order chi connectivity index (χ0) is 4.50. The fourth-order valence-corrected chi connectivity index (χ4v) is 0. The molecular formula is CH7O3PZr. The van der Waals surface area contributed by atoms with E-state index in [1.54, 1.807) is 0 Å². The molecule has 3 N–H and O–H groups in total. The van der Waals surface area contributed by atoms with Crippen LogP contribution < -0.4 is 0 Å². The predicted octanol–water partition coefficient (Wildman–Crippen LogP) is -0.915. The summed E-state index contributed by atoms with van der Waals surface area (Å²) in [7, 11) is -3.61. The van der Waals surface area contributed by atoms with Gasteiger partial charge >= 0.3 is 29.3 Å². The second-order valence-corrected chi connectivity index (χ2v) is 2.91. The first-order chi connectivity index (χ1) is 2.00. The molecule has 0 unspecified atom stereocenters. The van der Waals surface area contributed by atoms with Crippen molar-refractivity contribution in [2.24, 2.45) is 0 Å². The fourth-order valence-electron chi connectivity index (χ4n) is 0. The van der Waals surface area contributed by atoms with Crippen molar-refractivity contribution in [2.75, 3.05) is 6.66 Å². The van der Waals surface area contributed by atoms with Gasteiger partial charge in [0.1, 0.15) is 0 Å². The Morgan fingerprint density at radius 3 is 1.17 bits per heavy atom. The molecule has 0 aliphatic carbocycles. The summed E-state index contributed by atoms with van der Waals surface area (Å²) in [4.78, 5) is 23.3. The van der Waals surface area contributed by atoms with Crippen molar-refractivity contribution in [3.8, 4) is 0 Å². The quantitative estimate of drug-likeness (QED) is 0.432. The second kappa shape index (κ2) is 3.23. The first-order valence-electron chi connectivity index (χ1n) is 1.17. The van der Waals surface area contributed by atoms with Crippen molar-refractivity contribution in [3.05, 3.63) is 0 Å². The van der Waals surface area contributed by atoms with Gasteiger partial charge in [-0.1, -0.05) is 0 Å². The average molecular weight is 189 g/mol. The summed E-state index contributed by atoms with van der Waals surface area (Å²) >= 11 is 0. The number of rotatable bonds is 0. The molecule has 0 aromatic rings.